The van der Waals surface area contributed by atoms with Gasteiger partial charge in [-0.05, 0) is 11.6 Å². The summed E-state index contributed by atoms with van der Waals surface area (Å²) in [5.74, 6) is 0. The van der Waals surface area contributed by atoms with Crippen LogP contribution in [-0.4, -0.2) is 32.3 Å². The highest BCUT2D eigenvalue weighted by atomic mass is 16.1. The van der Waals surface area contributed by atoms with Crippen molar-refractivity contribution in [2.24, 2.45) is 7.05 Å². The molecule has 1 saturated heterocycles. The SMILES string of the molecule is Cn1cc(CN2CC(n3cccn3)C2)ccc1=O. The molecule has 0 atom stereocenters. The molecule has 3 heterocycles. The molecule has 3 rings (SSSR count). The Bertz CT molecular complexity index is 581. The molecule has 18 heavy (non-hydrogen) atoms. The molecule has 2 aromatic heterocycles. The first-order valence-corrected chi connectivity index (χ1v) is 6.09. The van der Waals surface area contributed by atoms with Crippen LogP contribution in [0.15, 0.2) is 41.6 Å². The van der Waals surface area contributed by atoms with E-state index in [-0.39, 0.29) is 5.56 Å². The van der Waals surface area contributed by atoms with Gasteiger partial charge in [0.2, 0.25) is 5.56 Å². The summed E-state index contributed by atoms with van der Waals surface area (Å²) in [6.45, 7) is 2.93. The van der Waals surface area contributed by atoms with Gasteiger partial charge in [0.25, 0.3) is 0 Å². The van der Waals surface area contributed by atoms with Gasteiger partial charge < -0.3 is 4.57 Å². The van der Waals surface area contributed by atoms with Crippen molar-refractivity contribution in [2.75, 3.05) is 13.1 Å². The molecule has 2 aromatic rings. The summed E-state index contributed by atoms with van der Waals surface area (Å²) in [7, 11) is 1.79. The summed E-state index contributed by atoms with van der Waals surface area (Å²) >= 11 is 0. The largest absolute Gasteiger partial charge is 0.318 e. The van der Waals surface area contributed by atoms with Crippen molar-refractivity contribution in [1.82, 2.24) is 19.2 Å². The molecule has 0 unspecified atom stereocenters. The number of hydrogen-bond donors (Lipinski definition) is 0. The minimum absolute atomic E-state index is 0.0387. The van der Waals surface area contributed by atoms with Crippen LogP contribution in [0.3, 0.4) is 0 Å². The molecule has 1 aliphatic heterocycles. The fourth-order valence-corrected chi connectivity index (χ4v) is 2.34. The van der Waals surface area contributed by atoms with Crippen LogP contribution in [0.2, 0.25) is 0 Å². The van der Waals surface area contributed by atoms with E-state index >= 15 is 0 Å². The molecule has 0 N–H and O–H groups in total. The van der Waals surface area contributed by atoms with Crippen LogP contribution in [0.4, 0.5) is 0 Å². The fraction of sp³-hybridized carbons (Fsp3) is 0.385. The predicted octanol–water partition coefficient (Wildman–Crippen LogP) is 0.639. The van der Waals surface area contributed by atoms with Crippen LogP contribution in [0.1, 0.15) is 11.6 Å². The van der Waals surface area contributed by atoms with Gasteiger partial charge in [-0.25, -0.2) is 0 Å². The summed E-state index contributed by atoms with van der Waals surface area (Å²) in [4.78, 5) is 13.6. The van der Waals surface area contributed by atoms with Gasteiger partial charge in [-0.1, -0.05) is 6.07 Å². The van der Waals surface area contributed by atoms with E-state index in [4.69, 9.17) is 0 Å². The summed E-state index contributed by atoms with van der Waals surface area (Å²) in [5, 5.41) is 4.25. The van der Waals surface area contributed by atoms with E-state index in [2.05, 4.69) is 10.00 Å². The Kier molecular flexibility index (Phi) is 2.76. The standard InChI is InChI=1S/C13H16N4O/c1-15-7-11(3-4-13(15)18)8-16-9-12(10-16)17-6-2-5-14-17/h2-7,12H,8-10H2,1H3. The average molecular weight is 244 g/mol. The number of pyridine rings is 1. The highest BCUT2D eigenvalue weighted by Crippen LogP contribution is 2.21. The highest BCUT2D eigenvalue weighted by molar-refractivity contribution is 5.10. The number of aryl methyl sites for hydroxylation is 1. The van der Waals surface area contributed by atoms with Crippen molar-refractivity contribution < 1.29 is 0 Å². The fourth-order valence-electron chi connectivity index (χ4n) is 2.34. The van der Waals surface area contributed by atoms with Gasteiger partial charge in [0.1, 0.15) is 0 Å². The number of aromatic nitrogens is 3. The molecule has 5 nitrogen and oxygen atoms in total. The molecular weight excluding hydrogens is 228 g/mol. The third kappa shape index (κ3) is 2.09. The van der Waals surface area contributed by atoms with Crippen LogP contribution in [-0.2, 0) is 13.6 Å². The highest BCUT2D eigenvalue weighted by Gasteiger charge is 2.28. The lowest BCUT2D eigenvalue weighted by Gasteiger charge is -2.39. The van der Waals surface area contributed by atoms with Crippen molar-refractivity contribution in [2.45, 2.75) is 12.6 Å². The molecule has 0 amide bonds. The number of likely N-dealkylation sites (tertiary alicyclic amines) is 1. The second-order valence-corrected chi connectivity index (χ2v) is 4.82. The maximum Gasteiger partial charge on any atom is 0.250 e. The Morgan fingerprint density at radius 2 is 2.22 bits per heavy atom. The lowest BCUT2D eigenvalue weighted by molar-refractivity contribution is 0.0907. The van der Waals surface area contributed by atoms with Gasteiger partial charge in [0.05, 0.1) is 6.04 Å². The second kappa shape index (κ2) is 4.42. The number of hydrogen-bond acceptors (Lipinski definition) is 3. The van der Waals surface area contributed by atoms with E-state index in [1.807, 2.05) is 35.4 Å². The maximum absolute atomic E-state index is 11.3. The molecule has 0 bridgehead atoms. The van der Waals surface area contributed by atoms with Gasteiger partial charge in [-0.15, -0.1) is 0 Å². The predicted molar refractivity (Wildman–Crippen MR) is 68.2 cm³/mol. The summed E-state index contributed by atoms with van der Waals surface area (Å²) in [6, 6.07) is 5.98. The number of rotatable bonds is 3. The van der Waals surface area contributed by atoms with Crippen molar-refractivity contribution in [3.8, 4) is 0 Å². The summed E-state index contributed by atoms with van der Waals surface area (Å²) < 4.78 is 3.64. The quantitative estimate of drug-likeness (QED) is 0.795. The first kappa shape index (κ1) is 11.2. The van der Waals surface area contributed by atoms with Crippen LogP contribution < -0.4 is 5.56 Å². The Hall–Kier alpha value is -1.88. The molecule has 5 heteroatoms. The molecule has 1 aliphatic rings. The van der Waals surface area contributed by atoms with Crippen molar-refractivity contribution in [3.05, 3.63) is 52.7 Å². The summed E-state index contributed by atoms with van der Waals surface area (Å²) in [5.41, 5.74) is 1.22. The van der Waals surface area contributed by atoms with Crippen molar-refractivity contribution >= 4 is 0 Å². The average Bonchev–Trinajstić information content (AvgIpc) is 2.81. The van der Waals surface area contributed by atoms with Crippen LogP contribution in [0.25, 0.3) is 0 Å². The van der Waals surface area contributed by atoms with E-state index in [1.54, 1.807) is 17.7 Å². The van der Waals surface area contributed by atoms with E-state index in [0.29, 0.717) is 6.04 Å². The van der Waals surface area contributed by atoms with Gasteiger partial charge in [0.15, 0.2) is 0 Å². The first-order chi connectivity index (χ1) is 8.72. The Labute approximate surface area is 105 Å². The maximum atomic E-state index is 11.3. The van der Waals surface area contributed by atoms with Crippen molar-refractivity contribution in [1.29, 1.82) is 0 Å². The Morgan fingerprint density at radius 3 is 2.89 bits per heavy atom. The van der Waals surface area contributed by atoms with Gasteiger partial charge in [-0.2, -0.15) is 5.10 Å². The van der Waals surface area contributed by atoms with E-state index in [0.717, 1.165) is 19.6 Å². The van der Waals surface area contributed by atoms with E-state index < -0.39 is 0 Å². The molecule has 0 radical (unpaired) electrons. The molecule has 94 valence electrons. The monoisotopic (exact) mass is 244 g/mol. The van der Waals surface area contributed by atoms with E-state index in [9.17, 15) is 4.79 Å². The van der Waals surface area contributed by atoms with E-state index in [1.165, 1.54) is 5.56 Å². The minimum atomic E-state index is 0.0387. The molecule has 0 aromatic carbocycles. The molecule has 0 spiro atoms. The third-order valence-corrected chi connectivity index (χ3v) is 3.39. The van der Waals surface area contributed by atoms with Crippen LogP contribution >= 0.6 is 0 Å². The number of nitrogens with zero attached hydrogens (tertiary/aromatic N) is 4. The van der Waals surface area contributed by atoms with Gasteiger partial charge in [-0.3, -0.25) is 14.4 Å². The first-order valence-electron chi connectivity index (χ1n) is 6.09. The topological polar surface area (TPSA) is 43.1 Å². The molecule has 0 aliphatic carbocycles. The smallest absolute Gasteiger partial charge is 0.250 e. The second-order valence-electron chi connectivity index (χ2n) is 4.82. The van der Waals surface area contributed by atoms with Gasteiger partial charge in [0, 0.05) is 51.3 Å². The summed E-state index contributed by atoms with van der Waals surface area (Å²) in [6.07, 6.45) is 5.73. The van der Waals surface area contributed by atoms with Gasteiger partial charge >= 0.3 is 0 Å². The minimum Gasteiger partial charge on any atom is -0.318 e. The zero-order valence-corrected chi connectivity index (χ0v) is 10.4. The van der Waals surface area contributed by atoms with Crippen LogP contribution in [0, 0.1) is 0 Å². The molecular formula is C13H16N4O. The third-order valence-electron chi connectivity index (χ3n) is 3.39. The lowest BCUT2D eigenvalue weighted by Crippen LogP contribution is -2.47. The Morgan fingerprint density at radius 1 is 1.39 bits per heavy atom. The van der Waals surface area contributed by atoms with Crippen molar-refractivity contribution in [3.63, 3.8) is 0 Å². The molecule has 0 saturated carbocycles. The molecule has 1 fully saturated rings. The normalized spacial score (nSPS) is 16.7. The zero-order chi connectivity index (χ0) is 12.5. The lowest BCUT2D eigenvalue weighted by atomic mass is 10.1. The Balaban J connectivity index is 1.59. The zero-order valence-electron chi connectivity index (χ0n) is 10.4. The van der Waals surface area contributed by atoms with Crippen LogP contribution in [0.5, 0.6) is 0 Å².